The molecule has 1 unspecified atom stereocenters. The molecule has 6 rings (SSSR count). The van der Waals surface area contributed by atoms with Crippen molar-refractivity contribution in [2.75, 3.05) is 4.90 Å². The molecule has 0 N–H and O–H groups in total. The highest BCUT2D eigenvalue weighted by Gasteiger charge is 2.51. The van der Waals surface area contributed by atoms with Crippen molar-refractivity contribution in [3.05, 3.63) is 133 Å². The summed E-state index contributed by atoms with van der Waals surface area (Å²) in [5.74, 6) is 0. The Bertz CT molecular complexity index is 1490. The van der Waals surface area contributed by atoms with E-state index in [9.17, 15) is 0 Å². The summed E-state index contributed by atoms with van der Waals surface area (Å²) in [7, 11) is -0.372. The van der Waals surface area contributed by atoms with E-state index in [1.807, 2.05) is 0 Å². The van der Waals surface area contributed by atoms with E-state index in [-0.39, 0.29) is 24.4 Å². The van der Waals surface area contributed by atoms with E-state index in [1.54, 1.807) is 0 Å². The fraction of sp³-hybridized carbons (Fsp3) is 0.222. The van der Waals surface area contributed by atoms with Crippen molar-refractivity contribution in [3.63, 3.8) is 0 Å². The van der Waals surface area contributed by atoms with E-state index in [1.165, 1.54) is 22.3 Å². The maximum Gasteiger partial charge on any atom is 0.494 e. The normalized spacial score (nSPS) is 19.4. The van der Waals surface area contributed by atoms with Gasteiger partial charge in [0, 0.05) is 11.4 Å². The fourth-order valence-corrected chi connectivity index (χ4v) is 5.39. The van der Waals surface area contributed by atoms with Gasteiger partial charge in [0.15, 0.2) is 0 Å². The lowest BCUT2D eigenvalue weighted by atomic mass is 9.79. The largest absolute Gasteiger partial charge is 0.494 e. The van der Waals surface area contributed by atoms with Gasteiger partial charge in [0.25, 0.3) is 0 Å². The van der Waals surface area contributed by atoms with E-state index in [2.05, 4.69) is 160 Å². The number of nitrogens with zero attached hydrogens (tertiary/aromatic N) is 1. The second-order valence-corrected chi connectivity index (χ2v) is 11.7. The summed E-state index contributed by atoms with van der Waals surface area (Å²) in [6, 6.07) is 38.9. The first-order chi connectivity index (χ1) is 19.3. The molecular formula is C36H36BNO2. The van der Waals surface area contributed by atoms with E-state index in [4.69, 9.17) is 9.31 Å². The predicted octanol–water partition coefficient (Wildman–Crippen LogP) is 8.20. The molecule has 1 aliphatic heterocycles. The van der Waals surface area contributed by atoms with Crippen molar-refractivity contribution in [3.8, 4) is 11.1 Å². The topological polar surface area (TPSA) is 21.7 Å². The van der Waals surface area contributed by atoms with Crippen LogP contribution in [0.1, 0.15) is 39.7 Å². The summed E-state index contributed by atoms with van der Waals surface area (Å²) in [5.41, 5.74) is 7.57. The highest BCUT2D eigenvalue weighted by molar-refractivity contribution is 6.62. The summed E-state index contributed by atoms with van der Waals surface area (Å²) < 4.78 is 12.6. The highest BCUT2D eigenvalue weighted by atomic mass is 16.7. The molecule has 1 heterocycles. The van der Waals surface area contributed by atoms with Crippen molar-refractivity contribution in [2.45, 2.75) is 51.4 Å². The highest BCUT2D eigenvalue weighted by Crippen LogP contribution is 2.37. The van der Waals surface area contributed by atoms with E-state index in [0.717, 1.165) is 23.3 Å². The van der Waals surface area contributed by atoms with Crippen LogP contribution in [-0.2, 0) is 9.31 Å². The summed E-state index contributed by atoms with van der Waals surface area (Å²) in [5, 5.41) is 0. The van der Waals surface area contributed by atoms with E-state index in [0.29, 0.717) is 0 Å². The SMILES string of the molecule is CC1(C)OB(c2ccc(N(c3ccc(-c4ccccc4)cc3)C3C=CC(c4ccccc4)=CC3)cc2)OC1(C)C. The van der Waals surface area contributed by atoms with Gasteiger partial charge < -0.3 is 14.2 Å². The van der Waals surface area contributed by atoms with Crippen molar-refractivity contribution in [1.82, 2.24) is 0 Å². The van der Waals surface area contributed by atoms with Gasteiger partial charge in [-0.25, -0.2) is 0 Å². The molecule has 0 radical (unpaired) electrons. The van der Waals surface area contributed by atoms with Crippen molar-refractivity contribution < 1.29 is 9.31 Å². The Morgan fingerprint density at radius 1 is 0.625 bits per heavy atom. The van der Waals surface area contributed by atoms with Gasteiger partial charge in [0.1, 0.15) is 0 Å². The zero-order chi connectivity index (χ0) is 27.7. The van der Waals surface area contributed by atoms with Crippen LogP contribution in [0.25, 0.3) is 16.7 Å². The minimum Gasteiger partial charge on any atom is -0.399 e. The van der Waals surface area contributed by atoms with Crippen LogP contribution in [0.2, 0.25) is 0 Å². The Balaban J connectivity index is 1.30. The molecule has 4 heteroatoms. The molecule has 0 spiro atoms. The third-order valence-corrected chi connectivity index (χ3v) is 8.47. The van der Waals surface area contributed by atoms with Crippen LogP contribution in [0, 0.1) is 0 Å². The van der Waals surface area contributed by atoms with Crippen LogP contribution < -0.4 is 10.4 Å². The lowest BCUT2D eigenvalue weighted by molar-refractivity contribution is 0.00578. The molecule has 200 valence electrons. The van der Waals surface area contributed by atoms with Gasteiger partial charge in [-0.3, -0.25) is 0 Å². The number of allylic oxidation sites excluding steroid dienone is 2. The van der Waals surface area contributed by atoms with Crippen LogP contribution in [0.3, 0.4) is 0 Å². The molecule has 1 atom stereocenters. The van der Waals surface area contributed by atoms with Gasteiger partial charge in [-0.15, -0.1) is 0 Å². The first-order valence-electron chi connectivity index (χ1n) is 14.1. The summed E-state index contributed by atoms with van der Waals surface area (Å²) in [6.45, 7) is 8.37. The number of rotatable bonds is 6. The quantitative estimate of drug-likeness (QED) is 0.237. The number of hydrogen-bond donors (Lipinski definition) is 0. The zero-order valence-electron chi connectivity index (χ0n) is 23.7. The lowest BCUT2D eigenvalue weighted by Crippen LogP contribution is -2.41. The molecule has 4 aromatic carbocycles. The molecule has 1 fully saturated rings. The Morgan fingerprint density at radius 2 is 1.12 bits per heavy atom. The van der Waals surface area contributed by atoms with Crippen LogP contribution in [0.5, 0.6) is 0 Å². The molecule has 1 aliphatic carbocycles. The summed E-state index contributed by atoms with van der Waals surface area (Å²) >= 11 is 0. The van der Waals surface area contributed by atoms with Gasteiger partial charge in [-0.05, 0) is 86.1 Å². The minimum atomic E-state index is -0.372. The molecule has 0 aromatic heterocycles. The van der Waals surface area contributed by atoms with E-state index < -0.39 is 0 Å². The Hall–Kier alpha value is -3.86. The van der Waals surface area contributed by atoms with E-state index >= 15 is 0 Å². The third-order valence-electron chi connectivity index (χ3n) is 8.47. The van der Waals surface area contributed by atoms with Crippen molar-refractivity contribution >= 4 is 29.5 Å². The molecule has 0 saturated carbocycles. The van der Waals surface area contributed by atoms with Gasteiger partial charge >= 0.3 is 7.12 Å². The third kappa shape index (κ3) is 5.17. The van der Waals surface area contributed by atoms with Crippen molar-refractivity contribution in [2.24, 2.45) is 0 Å². The second-order valence-electron chi connectivity index (χ2n) is 11.7. The second kappa shape index (κ2) is 10.6. The first-order valence-corrected chi connectivity index (χ1v) is 14.1. The molecule has 0 amide bonds. The minimum absolute atomic E-state index is 0.192. The van der Waals surface area contributed by atoms with Crippen LogP contribution in [0.4, 0.5) is 11.4 Å². The standard InChI is InChI=1S/C36H36BNO2/c1-35(2)36(3,4)40-37(39-35)31-19-25-34(26-20-31)38(32-21-15-29(16-22-32)27-11-7-5-8-12-27)33-23-17-30(18-24-33)28-13-9-6-10-14-28/h5-23,25-26,33H,24H2,1-4H3. The molecule has 3 nitrogen and oxygen atoms in total. The van der Waals surface area contributed by atoms with Gasteiger partial charge in [0.05, 0.1) is 17.2 Å². The van der Waals surface area contributed by atoms with Gasteiger partial charge in [-0.2, -0.15) is 0 Å². The molecule has 2 aliphatic rings. The molecule has 1 saturated heterocycles. The predicted molar refractivity (Wildman–Crippen MR) is 168 cm³/mol. The smallest absolute Gasteiger partial charge is 0.399 e. The Labute approximate surface area is 238 Å². The molecule has 4 aromatic rings. The number of anilines is 2. The molecule has 0 bridgehead atoms. The van der Waals surface area contributed by atoms with Gasteiger partial charge in [0.2, 0.25) is 0 Å². The maximum atomic E-state index is 6.31. The lowest BCUT2D eigenvalue weighted by Gasteiger charge is -2.33. The van der Waals surface area contributed by atoms with Crippen LogP contribution in [0.15, 0.2) is 127 Å². The number of benzene rings is 4. The Morgan fingerprint density at radius 3 is 1.65 bits per heavy atom. The van der Waals surface area contributed by atoms with Crippen LogP contribution >= 0.6 is 0 Å². The average molecular weight is 526 g/mol. The van der Waals surface area contributed by atoms with Gasteiger partial charge in [-0.1, -0.05) is 103 Å². The average Bonchev–Trinajstić information content (AvgIpc) is 3.21. The van der Waals surface area contributed by atoms with Crippen LogP contribution in [-0.4, -0.2) is 24.4 Å². The summed E-state index contributed by atoms with van der Waals surface area (Å²) in [4.78, 5) is 2.43. The summed E-state index contributed by atoms with van der Waals surface area (Å²) in [6.07, 6.45) is 7.85. The molecule has 40 heavy (non-hydrogen) atoms. The monoisotopic (exact) mass is 525 g/mol. The Kier molecular flexibility index (Phi) is 6.99. The first kappa shape index (κ1) is 26.4. The maximum absolute atomic E-state index is 6.31. The fourth-order valence-electron chi connectivity index (χ4n) is 5.39. The zero-order valence-corrected chi connectivity index (χ0v) is 23.7. The number of hydrogen-bond acceptors (Lipinski definition) is 3. The molecular weight excluding hydrogens is 489 g/mol. The van der Waals surface area contributed by atoms with Crippen molar-refractivity contribution in [1.29, 1.82) is 0 Å².